The maximum absolute atomic E-state index is 5.60. The van der Waals surface area contributed by atoms with E-state index in [0.29, 0.717) is 39.6 Å². The summed E-state index contributed by atoms with van der Waals surface area (Å²) in [5, 5.41) is 0. The minimum Gasteiger partial charge on any atom is -0.380 e. The summed E-state index contributed by atoms with van der Waals surface area (Å²) in [6, 6.07) is 0. The van der Waals surface area contributed by atoms with Crippen LogP contribution in [-0.4, -0.2) is 66.1 Å². The fourth-order valence-electron chi connectivity index (χ4n) is 1.70. The fraction of sp³-hybridized carbons (Fsp3) is 1.00. The van der Waals surface area contributed by atoms with Gasteiger partial charge in [-0.1, -0.05) is 0 Å². The Morgan fingerprint density at radius 2 is 1.22 bits per heavy atom. The van der Waals surface area contributed by atoms with Crippen LogP contribution in [0.2, 0.25) is 0 Å². The molecular formula is C13H26O5. The first-order valence-electron chi connectivity index (χ1n) is 6.72. The third-order valence-electron chi connectivity index (χ3n) is 2.79. The molecule has 18 heavy (non-hydrogen) atoms. The molecule has 0 bridgehead atoms. The van der Waals surface area contributed by atoms with Gasteiger partial charge < -0.3 is 23.7 Å². The first-order valence-corrected chi connectivity index (χ1v) is 6.72. The number of ether oxygens (including phenoxy) is 5. The van der Waals surface area contributed by atoms with E-state index in [1.54, 1.807) is 0 Å². The van der Waals surface area contributed by atoms with Gasteiger partial charge in [0, 0.05) is 13.2 Å². The van der Waals surface area contributed by atoms with Crippen molar-refractivity contribution in [2.75, 3.05) is 66.1 Å². The van der Waals surface area contributed by atoms with E-state index in [1.165, 1.54) is 0 Å². The molecule has 0 unspecified atom stereocenters. The Labute approximate surface area is 110 Å². The molecule has 0 aromatic heterocycles. The predicted molar refractivity (Wildman–Crippen MR) is 67.9 cm³/mol. The fourth-order valence-corrected chi connectivity index (χ4v) is 1.70. The molecule has 1 saturated heterocycles. The van der Waals surface area contributed by atoms with Gasteiger partial charge in [0.1, 0.15) is 0 Å². The van der Waals surface area contributed by atoms with Crippen LogP contribution in [0.1, 0.15) is 13.8 Å². The highest BCUT2D eigenvalue weighted by atomic mass is 16.6. The molecular weight excluding hydrogens is 236 g/mol. The van der Waals surface area contributed by atoms with Gasteiger partial charge in [-0.15, -0.1) is 0 Å². The summed E-state index contributed by atoms with van der Waals surface area (Å²) in [5.74, 6) is 0. The molecule has 5 heteroatoms. The molecule has 0 amide bonds. The standard InChI is InChI=1S/C13H26O5/c1-3-14-5-7-16-9-13(11-18-12-13)10-17-8-6-15-4-2/h3-12H2,1-2H3. The molecule has 0 N–H and O–H groups in total. The first kappa shape index (κ1) is 15.9. The molecule has 0 aromatic rings. The van der Waals surface area contributed by atoms with Gasteiger partial charge in [0.2, 0.25) is 0 Å². The summed E-state index contributed by atoms with van der Waals surface area (Å²) in [6.07, 6.45) is 0. The van der Waals surface area contributed by atoms with Gasteiger partial charge in [-0.2, -0.15) is 0 Å². The Hall–Kier alpha value is -0.200. The van der Waals surface area contributed by atoms with Gasteiger partial charge in [0.25, 0.3) is 0 Å². The van der Waals surface area contributed by atoms with Crippen LogP contribution < -0.4 is 0 Å². The molecule has 5 nitrogen and oxygen atoms in total. The van der Waals surface area contributed by atoms with E-state index >= 15 is 0 Å². The summed E-state index contributed by atoms with van der Waals surface area (Å²) >= 11 is 0. The van der Waals surface area contributed by atoms with Crippen LogP contribution in [0.4, 0.5) is 0 Å². The lowest BCUT2D eigenvalue weighted by atomic mass is 9.88. The molecule has 1 aliphatic rings. The van der Waals surface area contributed by atoms with Crippen LogP contribution in [0.25, 0.3) is 0 Å². The van der Waals surface area contributed by atoms with E-state index in [2.05, 4.69) is 0 Å². The van der Waals surface area contributed by atoms with Crippen LogP contribution in [0.3, 0.4) is 0 Å². The second-order valence-corrected chi connectivity index (χ2v) is 4.49. The average molecular weight is 262 g/mol. The first-order chi connectivity index (χ1) is 8.83. The molecule has 1 rings (SSSR count). The van der Waals surface area contributed by atoms with Crippen molar-refractivity contribution in [1.29, 1.82) is 0 Å². The summed E-state index contributed by atoms with van der Waals surface area (Å²) in [4.78, 5) is 0. The highest BCUT2D eigenvalue weighted by Gasteiger charge is 2.39. The Balaban J connectivity index is 2.02. The molecule has 108 valence electrons. The quantitative estimate of drug-likeness (QED) is 0.493. The number of hydrogen-bond acceptors (Lipinski definition) is 5. The lowest BCUT2D eigenvalue weighted by molar-refractivity contribution is -0.181. The number of rotatable bonds is 12. The third kappa shape index (κ3) is 6.11. The van der Waals surface area contributed by atoms with Crippen molar-refractivity contribution in [2.45, 2.75) is 13.8 Å². The zero-order valence-corrected chi connectivity index (χ0v) is 11.6. The van der Waals surface area contributed by atoms with Crippen molar-refractivity contribution >= 4 is 0 Å². The molecule has 0 aromatic carbocycles. The van der Waals surface area contributed by atoms with Crippen molar-refractivity contribution in [2.24, 2.45) is 5.41 Å². The molecule has 0 aliphatic carbocycles. The van der Waals surface area contributed by atoms with Crippen molar-refractivity contribution in [3.05, 3.63) is 0 Å². The maximum Gasteiger partial charge on any atom is 0.0700 e. The SMILES string of the molecule is CCOCCOCC1(COCCOCC)COC1. The van der Waals surface area contributed by atoms with E-state index in [4.69, 9.17) is 23.7 Å². The second kappa shape index (κ2) is 9.69. The Kier molecular flexibility index (Phi) is 8.54. The van der Waals surface area contributed by atoms with Crippen LogP contribution in [0, 0.1) is 5.41 Å². The van der Waals surface area contributed by atoms with Gasteiger partial charge in [0.15, 0.2) is 0 Å². The van der Waals surface area contributed by atoms with Crippen LogP contribution >= 0.6 is 0 Å². The molecule has 0 saturated carbocycles. The summed E-state index contributed by atoms with van der Waals surface area (Å²) in [6.45, 7) is 10.8. The van der Waals surface area contributed by atoms with E-state index in [0.717, 1.165) is 26.4 Å². The monoisotopic (exact) mass is 262 g/mol. The lowest BCUT2D eigenvalue weighted by Gasteiger charge is -2.40. The lowest BCUT2D eigenvalue weighted by Crippen LogP contribution is -2.50. The Morgan fingerprint density at radius 3 is 1.56 bits per heavy atom. The van der Waals surface area contributed by atoms with Crippen molar-refractivity contribution in [3.8, 4) is 0 Å². The molecule has 1 aliphatic heterocycles. The molecule has 0 spiro atoms. The summed E-state index contributed by atoms with van der Waals surface area (Å²) in [5.41, 5.74) is 0.0401. The van der Waals surface area contributed by atoms with Crippen LogP contribution in [-0.2, 0) is 23.7 Å². The summed E-state index contributed by atoms with van der Waals surface area (Å²) in [7, 11) is 0. The van der Waals surface area contributed by atoms with Crippen LogP contribution in [0.5, 0.6) is 0 Å². The zero-order valence-electron chi connectivity index (χ0n) is 11.6. The molecule has 0 radical (unpaired) electrons. The largest absolute Gasteiger partial charge is 0.380 e. The average Bonchev–Trinajstić information content (AvgIpc) is 2.34. The van der Waals surface area contributed by atoms with Gasteiger partial charge >= 0.3 is 0 Å². The van der Waals surface area contributed by atoms with E-state index < -0.39 is 0 Å². The summed E-state index contributed by atoms with van der Waals surface area (Å²) < 4.78 is 26.9. The maximum atomic E-state index is 5.60. The minimum absolute atomic E-state index is 0.0401. The second-order valence-electron chi connectivity index (χ2n) is 4.49. The Bertz CT molecular complexity index is 178. The van der Waals surface area contributed by atoms with Crippen molar-refractivity contribution in [1.82, 2.24) is 0 Å². The van der Waals surface area contributed by atoms with E-state index in [-0.39, 0.29) is 5.41 Å². The molecule has 1 heterocycles. The van der Waals surface area contributed by atoms with Gasteiger partial charge in [0.05, 0.1) is 58.3 Å². The molecule has 0 atom stereocenters. The normalized spacial score (nSPS) is 17.7. The van der Waals surface area contributed by atoms with Crippen molar-refractivity contribution in [3.63, 3.8) is 0 Å². The van der Waals surface area contributed by atoms with Gasteiger partial charge in [-0.25, -0.2) is 0 Å². The highest BCUT2D eigenvalue weighted by molar-refractivity contribution is 4.85. The van der Waals surface area contributed by atoms with Gasteiger partial charge in [-0.05, 0) is 13.8 Å². The molecule has 1 fully saturated rings. The Morgan fingerprint density at radius 1 is 0.778 bits per heavy atom. The van der Waals surface area contributed by atoms with E-state index in [1.807, 2.05) is 13.8 Å². The topological polar surface area (TPSA) is 46.2 Å². The zero-order chi connectivity index (χ0) is 13.1. The highest BCUT2D eigenvalue weighted by Crippen LogP contribution is 2.28. The number of hydrogen-bond donors (Lipinski definition) is 0. The van der Waals surface area contributed by atoms with Crippen molar-refractivity contribution < 1.29 is 23.7 Å². The van der Waals surface area contributed by atoms with Gasteiger partial charge in [-0.3, -0.25) is 0 Å². The smallest absolute Gasteiger partial charge is 0.0700 e. The third-order valence-corrected chi connectivity index (χ3v) is 2.79. The van der Waals surface area contributed by atoms with Crippen LogP contribution in [0.15, 0.2) is 0 Å². The minimum atomic E-state index is 0.0401. The predicted octanol–water partition coefficient (Wildman–Crippen LogP) is 1.11. The van der Waals surface area contributed by atoms with E-state index in [9.17, 15) is 0 Å².